The third kappa shape index (κ3) is 17.7. The number of nitrogens with zero attached hydrogens (tertiary/aromatic N) is 6. The zero-order valence-electron chi connectivity index (χ0n) is 57.2. The molecule has 8 heterocycles. The van der Waals surface area contributed by atoms with E-state index in [2.05, 4.69) is 25.6 Å². The van der Waals surface area contributed by atoms with E-state index in [-0.39, 0.29) is 108 Å². The van der Waals surface area contributed by atoms with Crippen LogP contribution in [0.1, 0.15) is 63.8 Å². The summed E-state index contributed by atoms with van der Waals surface area (Å²) in [5.41, 5.74) is 13.5. The molecule has 550 valence electrons. The molecule has 0 aliphatic carbocycles. The fourth-order valence-electron chi connectivity index (χ4n) is 13.3. The van der Waals surface area contributed by atoms with Gasteiger partial charge in [0.05, 0.1) is 87.1 Å². The molecule has 0 bridgehead atoms. The predicted octanol–water partition coefficient (Wildman–Crippen LogP) is 9.51. The van der Waals surface area contributed by atoms with E-state index >= 15 is 0 Å². The monoisotopic (exact) mass is 1490 g/mol. The summed E-state index contributed by atoms with van der Waals surface area (Å²) in [6, 6.07) is 18.0. The molecule has 0 saturated carbocycles. The number of nitrogen functional groups attached to an aromatic ring is 1. The topological polar surface area (TPSA) is 364 Å². The van der Waals surface area contributed by atoms with Gasteiger partial charge in [0.2, 0.25) is 0 Å². The molecule has 0 radical (unpaired) electrons. The van der Waals surface area contributed by atoms with Gasteiger partial charge in [-0.25, -0.2) is 47.1 Å². The van der Waals surface area contributed by atoms with Crippen LogP contribution < -0.4 is 27.8 Å². The maximum Gasteiger partial charge on any atom is 0.413 e. The highest BCUT2D eigenvalue weighted by Crippen LogP contribution is 2.53. The van der Waals surface area contributed by atoms with Crippen molar-refractivity contribution in [3.05, 3.63) is 145 Å². The molecular formula is C66H83F4N11O16S4. The SMILES string of the molecule is COCC1OC[C@]2(c3cc(N)ccc3F)N=C(NC(=O)OC(C)(C)C)SC[C@H]12.COCC1OC[C@]2(c3cc([N+](=O)[O-])ccc3F)N=C(N)SC[C@H]12.COCC1OC[C@]2(c3cc([N+](=O)[O-])ccc3F)N=C(NC(=O)OC(C)(C)C)SC[C@H]12.COCC1OC[C@]2(c3ccccc3F)N=C(N)SC[C@H]12. The zero-order valence-corrected chi connectivity index (χ0v) is 60.5. The Bertz CT molecular complexity index is 3820. The van der Waals surface area contributed by atoms with Crippen LogP contribution in [-0.2, 0) is 69.5 Å². The van der Waals surface area contributed by atoms with Crippen molar-refractivity contribution >= 4 is 97.0 Å². The average Bonchev–Trinajstić information content (AvgIpc) is 1.67. The summed E-state index contributed by atoms with van der Waals surface area (Å²) < 4.78 is 113. The number of nitro benzene ring substituents is 2. The maximum atomic E-state index is 14.9. The highest BCUT2D eigenvalue weighted by atomic mass is 32.2. The summed E-state index contributed by atoms with van der Waals surface area (Å²) in [6.07, 6.45) is -2.23. The number of hydrogen-bond donors (Lipinski definition) is 5. The average molecular weight is 1490 g/mol. The van der Waals surface area contributed by atoms with Crippen LogP contribution in [0.15, 0.2) is 98.8 Å². The number of nitro groups is 2. The number of ether oxygens (including phenoxy) is 10. The van der Waals surface area contributed by atoms with Crippen molar-refractivity contribution in [1.82, 2.24) is 10.6 Å². The van der Waals surface area contributed by atoms with Crippen LogP contribution in [0.4, 0.5) is 44.2 Å². The van der Waals surface area contributed by atoms with E-state index in [1.165, 1.54) is 84.5 Å². The number of alkyl carbamates (subject to hydrolysis) is 2. The highest BCUT2D eigenvalue weighted by Gasteiger charge is 2.58. The Morgan fingerprint density at radius 1 is 0.495 bits per heavy atom. The number of hydrogen-bond acceptors (Lipinski definition) is 27. The lowest BCUT2D eigenvalue weighted by Gasteiger charge is -2.36. The summed E-state index contributed by atoms with van der Waals surface area (Å²) in [4.78, 5) is 63.9. The van der Waals surface area contributed by atoms with Crippen LogP contribution in [0.2, 0.25) is 0 Å². The number of amidine groups is 4. The lowest BCUT2D eigenvalue weighted by atomic mass is 9.78. The number of carbonyl (C=O) groups excluding carboxylic acids is 2. The summed E-state index contributed by atoms with van der Waals surface area (Å²) >= 11 is 5.52. The molecule has 35 heteroatoms. The van der Waals surface area contributed by atoms with Gasteiger partial charge in [0.15, 0.2) is 20.7 Å². The van der Waals surface area contributed by atoms with Crippen molar-refractivity contribution in [3.8, 4) is 0 Å². The number of carbonyl (C=O) groups is 2. The van der Waals surface area contributed by atoms with Gasteiger partial charge in [-0.2, -0.15) is 0 Å². The first-order valence-corrected chi connectivity index (χ1v) is 35.8. The van der Waals surface area contributed by atoms with Gasteiger partial charge >= 0.3 is 12.2 Å². The van der Waals surface area contributed by atoms with Crippen LogP contribution in [-0.4, -0.2) is 183 Å². The van der Waals surface area contributed by atoms with Crippen LogP contribution in [0.25, 0.3) is 0 Å². The van der Waals surface area contributed by atoms with Crippen molar-refractivity contribution in [1.29, 1.82) is 0 Å². The second-order valence-corrected chi connectivity index (χ2v) is 30.7. The smallest absolute Gasteiger partial charge is 0.413 e. The van der Waals surface area contributed by atoms with E-state index in [1.54, 1.807) is 81.1 Å². The van der Waals surface area contributed by atoms with Gasteiger partial charge < -0.3 is 64.6 Å². The number of benzene rings is 4. The van der Waals surface area contributed by atoms with E-state index in [0.29, 0.717) is 76.0 Å². The van der Waals surface area contributed by atoms with E-state index in [9.17, 15) is 47.4 Å². The van der Waals surface area contributed by atoms with Gasteiger partial charge in [0, 0.05) is 127 Å². The maximum absolute atomic E-state index is 14.9. The minimum atomic E-state index is -1.23. The molecule has 0 spiro atoms. The number of aliphatic imine (C=N–C) groups is 4. The second kappa shape index (κ2) is 32.8. The summed E-state index contributed by atoms with van der Waals surface area (Å²) in [6.45, 7) is 12.7. The van der Waals surface area contributed by atoms with Crippen molar-refractivity contribution in [2.45, 2.75) is 99.3 Å². The number of anilines is 1. The molecule has 4 unspecified atom stereocenters. The minimum Gasteiger partial charge on any atom is -0.444 e. The molecule has 4 aromatic carbocycles. The third-order valence-electron chi connectivity index (χ3n) is 17.8. The molecule has 101 heavy (non-hydrogen) atoms. The molecule has 4 aromatic rings. The number of rotatable bonds is 14. The van der Waals surface area contributed by atoms with Gasteiger partial charge in [0.1, 0.15) is 56.6 Å². The van der Waals surface area contributed by atoms with E-state index in [0.717, 1.165) is 30.0 Å². The largest absolute Gasteiger partial charge is 0.444 e. The van der Waals surface area contributed by atoms with Crippen LogP contribution in [0.5, 0.6) is 0 Å². The Balaban J connectivity index is 0.000000158. The summed E-state index contributed by atoms with van der Waals surface area (Å²) in [7, 11) is 6.33. The van der Waals surface area contributed by atoms with Crippen molar-refractivity contribution in [3.63, 3.8) is 0 Å². The highest BCUT2D eigenvalue weighted by molar-refractivity contribution is 8.14. The number of halogens is 4. The van der Waals surface area contributed by atoms with Gasteiger partial charge in [0.25, 0.3) is 11.4 Å². The van der Waals surface area contributed by atoms with Gasteiger partial charge in [-0.05, 0) is 77.9 Å². The summed E-state index contributed by atoms with van der Waals surface area (Å²) in [5, 5.41) is 29.0. The normalized spacial score (nSPS) is 28.5. The molecule has 27 nitrogen and oxygen atoms in total. The molecule has 0 aromatic heterocycles. The standard InChI is InChI=1S/C19H24FN3O6S.C19H26FN3O4S.C14H16FN3O4S.C14H17FN2O2S/c1-18(2,3)29-17(24)21-16-22-19(10-28-15(8-27-4)13(19)9-30-16)12-7-11(23(25)26)5-6-14(12)20;1-18(2,3)27-17(24)22-16-23-19(12-7-11(21)5-6-14(12)20)10-26-15(8-25-4)13(19)9-28-16;1-21-5-12-10-6-23-13(16)17-14(10,7-22-12)9-4-8(18(19)20)2-3-11(9)15;1-18-6-12-10-7-20-13(16)17-14(10,8-19-12)9-4-2-3-5-11(9)15/h5-7,13,15H,8-10H2,1-4H3,(H,21,22,24);5-7,13,15H,8-10,21H2,1-4H3,(H,22,23,24);2-4,10,12H,5-7H2,1H3,(H2,16,17);2-5,10,12H,6-8H2,1H3,(H2,16,17)/t2*13-,15?,19-;2*10-,12?,14-/m1111/s1. The molecule has 8 aliphatic heterocycles. The predicted molar refractivity (Wildman–Crippen MR) is 377 cm³/mol. The fourth-order valence-corrected chi connectivity index (χ4v) is 17.8. The van der Waals surface area contributed by atoms with E-state index in [4.69, 9.17) is 69.6 Å². The number of methoxy groups -OCH3 is 4. The first kappa shape index (κ1) is 78.2. The lowest BCUT2D eigenvalue weighted by molar-refractivity contribution is -0.385. The number of nitrogens with two attached hydrogens (primary N) is 3. The van der Waals surface area contributed by atoms with Gasteiger partial charge in [-0.3, -0.25) is 30.9 Å². The summed E-state index contributed by atoms with van der Waals surface area (Å²) in [5.74, 6) is 0.000190. The number of thioether (sulfide) groups is 4. The quantitative estimate of drug-likeness (QED) is 0.0339. The third-order valence-corrected chi connectivity index (χ3v) is 21.6. The molecule has 8 N–H and O–H groups in total. The molecule has 8 aliphatic rings. The second-order valence-electron chi connectivity index (χ2n) is 26.6. The van der Waals surface area contributed by atoms with Crippen LogP contribution >= 0.6 is 47.0 Å². The molecule has 12 atom stereocenters. The molecule has 2 amide bonds. The lowest BCUT2D eigenvalue weighted by Crippen LogP contribution is -2.45. The molecule has 12 rings (SSSR count). The van der Waals surface area contributed by atoms with Crippen molar-refractivity contribution < 1.29 is 84.4 Å². The Hall–Kier alpha value is -6.90. The molecular weight excluding hydrogens is 1410 g/mol. The minimum absolute atomic E-state index is 0.00381. The Labute approximate surface area is 598 Å². The molecule has 4 fully saturated rings. The Kier molecular flexibility index (Phi) is 25.4. The first-order chi connectivity index (χ1) is 47.8. The van der Waals surface area contributed by atoms with Gasteiger partial charge in [-0.1, -0.05) is 65.2 Å². The molecule has 4 saturated heterocycles. The first-order valence-electron chi connectivity index (χ1n) is 31.9. The van der Waals surface area contributed by atoms with Crippen LogP contribution in [0, 0.1) is 67.2 Å². The number of non-ortho nitro benzene ring substituents is 2. The van der Waals surface area contributed by atoms with E-state index in [1.807, 2.05) is 6.07 Å². The number of amides is 2. The number of nitrogens with one attached hydrogen (secondary N) is 2. The zero-order chi connectivity index (χ0) is 73.4. The van der Waals surface area contributed by atoms with Crippen molar-refractivity contribution in [2.75, 3.05) is 110 Å². The Morgan fingerprint density at radius 3 is 1.16 bits per heavy atom. The fraction of sp³-hybridized carbons (Fsp3) is 0.545. The van der Waals surface area contributed by atoms with Crippen LogP contribution in [0.3, 0.4) is 0 Å². The number of fused-ring (bicyclic) bond motifs is 4. The van der Waals surface area contributed by atoms with Gasteiger partial charge in [-0.15, -0.1) is 0 Å². The Morgan fingerprint density at radius 2 is 0.812 bits per heavy atom. The van der Waals surface area contributed by atoms with Crippen molar-refractivity contribution in [2.24, 2.45) is 55.1 Å². The van der Waals surface area contributed by atoms with E-state index < -0.39 is 72.8 Å².